The zero-order valence-electron chi connectivity index (χ0n) is 14.4. The Balaban J connectivity index is 1.78. The topological polar surface area (TPSA) is 91.3 Å². The molecule has 0 radical (unpaired) electrons. The number of nitrogens with one attached hydrogen (secondary N) is 2. The van der Waals surface area contributed by atoms with E-state index < -0.39 is 5.97 Å². The first-order valence-electron chi connectivity index (χ1n) is 8.60. The van der Waals surface area contributed by atoms with Crippen LogP contribution in [0, 0.1) is 0 Å². The molecular weight excluding hydrogens is 342 g/mol. The van der Waals surface area contributed by atoms with Crippen molar-refractivity contribution in [2.45, 2.75) is 6.42 Å². The van der Waals surface area contributed by atoms with Crippen LogP contribution in [0.2, 0.25) is 0 Å². The van der Waals surface area contributed by atoms with Crippen molar-refractivity contribution in [3.05, 3.63) is 77.5 Å². The third-order valence-corrected chi connectivity index (χ3v) is 4.45. The number of aromatic nitrogens is 1. The van der Waals surface area contributed by atoms with E-state index in [9.17, 15) is 9.59 Å². The highest BCUT2D eigenvalue weighted by molar-refractivity contribution is 6.03. The molecule has 6 heteroatoms. The van der Waals surface area contributed by atoms with Crippen molar-refractivity contribution >= 4 is 23.3 Å². The van der Waals surface area contributed by atoms with Crippen molar-refractivity contribution < 1.29 is 14.7 Å². The number of hydrogen-bond donors (Lipinski definition) is 3. The Kier molecular flexibility index (Phi) is 4.30. The molecule has 0 fully saturated rings. The fourth-order valence-corrected chi connectivity index (χ4v) is 3.12. The molecule has 0 aliphatic carbocycles. The summed E-state index contributed by atoms with van der Waals surface area (Å²) < 4.78 is 0. The molecule has 3 N–H and O–H groups in total. The van der Waals surface area contributed by atoms with Gasteiger partial charge in [0.15, 0.2) is 0 Å². The van der Waals surface area contributed by atoms with Gasteiger partial charge in [-0.25, -0.2) is 4.79 Å². The van der Waals surface area contributed by atoms with E-state index in [0.717, 1.165) is 17.0 Å². The molecule has 2 heterocycles. The number of anilines is 2. The Morgan fingerprint density at radius 3 is 2.52 bits per heavy atom. The summed E-state index contributed by atoms with van der Waals surface area (Å²) >= 11 is 0. The molecule has 6 nitrogen and oxygen atoms in total. The lowest BCUT2D eigenvalue weighted by molar-refractivity contribution is 0.0696. The monoisotopic (exact) mass is 359 g/mol. The Morgan fingerprint density at radius 2 is 1.81 bits per heavy atom. The highest BCUT2D eigenvalue weighted by Gasteiger charge is 2.23. The molecule has 0 spiro atoms. The highest BCUT2D eigenvalue weighted by atomic mass is 16.4. The second-order valence-corrected chi connectivity index (χ2v) is 6.26. The van der Waals surface area contributed by atoms with Crippen LogP contribution in [0.1, 0.15) is 26.4 Å². The highest BCUT2D eigenvalue weighted by Crippen LogP contribution is 2.30. The summed E-state index contributed by atoms with van der Waals surface area (Å²) in [4.78, 5) is 28.1. The van der Waals surface area contributed by atoms with Crippen LogP contribution < -0.4 is 10.6 Å². The Hall–Kier alpha value is -3.67. The van der Waals surface area contributed by atoms with Crippen molar-refractivity contribution in [3.8, 4) is 11.3 Å². The van der Waals surface area contributed by atoms with Gasteiger partial charge in [-0.3, -0.25) is 9.78 Å². The molecule has 0 atom stereocenters. The lowest BCUT2D eigenvalue weighted by Gasteiger charge is -2.21. The van der Waals surface area contributed by atoms with Crippen LogP contribution in [-0.4, -0.2) is 28.5 Å². The maximum atomic E-state index is 12.4. The van der Waals surface area contributed by atoms with E-state index in [0.29, 0.717) is 29.9 Å². The fraction of sp³-hybridized carbons (Fsp3) is 0.0952. The van der Waals surface area contributed by atoms with Gasteiger partial charge >= 0.3 is 5.97 Å². The van der Waals surface area contributed by atoms with Crippen LogP contribution in [0.3, 0.4) is 0 Å². The standard InChI is InChI=1S/C21H17N3O3/c25-20-19-16(10-11-22-20)24-17(13-4-2-1-3-5-13)12-18(19)23-15-8-6-14(7-9-15)21(26)27/h1-9,12H,10-11H2,(H,22,25)(H,23,24)(H,26,27). The van der Waals surface area contributed by atoms with Crippen molar-refractivity contribution in [1.82, 2.24) is 10.3 Å². The number of carbonyl (C=O) groups is 2. The van der Waals surface area contributed by atoms with Crippen molar-refractivity contribution in [2.75, 3.05) is 11.9 Å². The summed E-state index contributed by atoms with van der Waals surface area (Å²) in [5.74, 6) is -1.14. The Morgan fingerprint density at radius 1 is 1.07 bits per heavy atom. The van der Waals surface area contributed by atoms with Gasteiger partial charge in [-0.1, -0.05) is 30.3 Å². The number of aromatic carboxylic acids is 1. The molecule has 4 rings (SSSR count). The van der Waals surface area contributed by atoms with Crippen LogP contribution in [-0.2, 0) is 6.42 Å². The number of fused-ring (bicyclic) bond motifs is 1. The Bertz CT molecular complexity index is 1010. The van der Waals surface area contributed by atoms with Gasteiger partial charge in [0.05, 0.1) is 28.2 Å². The molecule has 0 unspecified atom stereocenters. The number of carboxylic acid groups (broad SMARTS) is 1. The van der Waals surface area contributed by atoms with Crippen LogP contribution in [0.15, 0.2) is 60.7 Å². The van der Waals surface area contributed by atoms with Gasteiger partial charge in [0.25, 0.3) is 5.91 Å². The summed E-state index contributed by atoms with van der Waals surface area (Å²) in [6.45, 7) is 0.559. The number of carbonyl (C=O) groups excluding carboxylic acids is 1. The van der Waals surface area contributed by atoms with E-state index >= 15 is 0 Å². The average Bonchev–Trinajstić information content (AvgIpc) is 2.69. The summed E-state index contributed by atoms with van der Waals surface area (Å²) in [5, 5.41) is 15.1. The number of pyridine rings is 1. The van der Waals surface area contributed by atoms with E-state index in [2.05, 4.69) is 10.6 Å². The first-order valence-corrected chi connectivity index (χ1v) is 8.60. The summed E-state index contributed by atoms with van der Waals surface area (Å²) in [6.07, 6.45) is 0.661. The molecule has 3 aromatic rings. The minimum atomic E-state index is -0.978. The summed E-state index contributed by atoms with van der Waals surface area (Å²) in [6, 6.07) is 18.0. The van der Waals surface area contributed by atoms with Crippen molar-refractivity contribution in [3.63, 3.8) is 0 Å². The van der Waals surface area contributed by atoms with Gasteiger partial charge < -0.3 is 15.7 Å². The van der Waals surface area contributed by atoms with Gasteiger partial charge in [0.2, 0.25) is 0 Å². The molecule has 0 bridgehead atoms. The molecule has 134 valence electrons. The average molecular weight is 359 g/mol. The minimum Gasteiger partial charge on any atom is -0.478 e. The van der Waals surface area contributed by atoms with Gasteiger partial charge in [-0.15, -0.1) is 0 Å². The number of carboxylic acids is 1. The number of rotatable bonds is 4. The molecule has 2 aromatic carbocycles. The first kappa shape index (κ1) is 16.8. The lowest BCUT2D eigenvalue weighted by Crippen LogP contribution is -2.33. The predicted octanol–water partition coefficient (Wildman–Crippen LogP) is 3.48. The molecule has 1 amide bonds. The Labute approximate surface area is 155 Å². The van der Waals surface area contributed by atoms with E-state index in [4.69, 9.17) is 10.1 Å². The smallest absolute Gasteiger partial charge is 0.335 e. The lowest BCUT2D eigenvalue weighted by atomic mass is 10.0. The van der Waals surface area contributed by atoms with Gasteiger partial charge in [-0.05, 0) is 30.3 Å². The molecule has 1 aliphatic heterocycles. The summed E-state index contributed by atoms with van der Waals surface area (Å²) in [5.41, 5.74) is 4.60. The quantitative estimate of drug-likeness (QED) is 0.663. The molecule has 1 aliphatic rings. The second kappa shape index (κ2) is 6.92. The third kappa shape index (κ3) is 3.37. The molecule has 1 aromatic heterocycles. The molecule has 0 saturated carbocycles. The minimum absolute atomic E-state index is 0.159. The zero-order chi connectivity index (χ0) is 18.8. The molecular formula is C21H17N3O3. The largest absolute Gasteiger partial charge is 0.478 e. The van der Waals surface area contributed by atoms with E-state index in [-0.39, 0.29) is 11.5 Å². The SMILES string of the molecule is O=C(O)c1ccc(Nc2cc(-c3ccccc3)nc3c2C(=O)NCC3)cc1. The maximum absolute atomic E-state index is 12.4. The number of amides is 1. The van der Waals surface area contributed by atoms with Crippen LogP contribution in [0.25, 0.3) is 11.3 Å². The first-order chi connectivity index (χ1) is 13.1. The van der Waals surface area contributed by atoms with Crippen molar-refractivity contribution in [1.29, 1.82) is 0 Å². The van der Waals surface area contributed by atoms with Gasteiger partial charge in [-0.2, -0.15) is 0 Å². The predicted molar refractivity (Wildman–Crippen MR) is 102 cm³/mol. The van der Waals surface area contributed by atoms with E-state index in [1.165, 1.54) is 12.1 Å². The zero-order valence-corrected chi connectivity index (χ0v) is 14.4. The van der Waals surface area contributed by atoms with Crippen LogP contribution in [0.4, 0.5) is 11.4 Å². The fourth-order valence-electron chi connectivity index (χ4n) is 3.12. The number of benzene rings is 2. The molecule has 0 saturated heterocycles. The van der Waals surface area contributed by atoms with Crippen LogP contribution in [0.5, 0.6) is 0 Å². The van der Waals surface area contributed by atoms with Gasteiger partial charge in [0.1, 0.15) is 0 Å². The normalized spacial score (nSPS) is 12.8. The number of hydrogen-bond acceptors (Lipinski definition) is 4. The van der Waals surface area contributed by atoms with Crippen molar-refractivity contribution in [2.24, 2.45) is 0 Å². The third-order valence-electron chi connectivity index (χ3n) is 4.45. The summed E-state index contributed by atoms with van der Waals surface area (Å²) in [7, 11) is 0. The van der Waals surface area contributed by atoms with E-state index in [1.807, 2.05) is 36.4 Å². The number of nitrogens with zero attached hydrogens (tertiary/aromatic N) is 1. The second-order valence-electron chi connectivity index (χ2n) is 6.26. The van der Waals surface area contributed by atoms with Gasteiger partial charge in [0, 0.05) is 24.2 Å². The maximum Gasteiger partial charge on any atom is 0.335 e. The van der Waals surface area contributed by atoms with E-state index in [1.54, 1.807) is 12.1 Å². The van der Waals surface area contributed by atoms with Crippen LogP contribution >= 0.6 is 0 Å². The molecule has 27 heavy (non-hydrogen) atoms.